The van der Waals surface area contributed by atoms with Gasteiger partial charge < -0.3 is 14.8 Å². The summed E-state index contributed by atoms with van der Waals surface area (Å²) in [6.45, 7) is 2.83. The molecule has 0 radical (unpaired) electrons. The Morgan fingerprint density at radius 3 is 2.46 bits per heavy atom. The summed E-state index contributed by atoms with van der Waals surface area (Å²) < 4.78 is 10.8. The van der Waals surface area contributed by atoms with Crippen LogP contribution in [-0.2, 0) is 11.2 Å². The molecule has 3 rings (SSSR count). The molecule has 2 aromatic carbocycles. The van der Waals surface area contributed by atoms with Crippen molar-refractivity contribution in [3.8, 4) is 11.5 Å². The average Bonchev–Trinajstić information content (AvgIpc) is 2.67. The molecule has 138 valence electrons. The van der Waals surface area contributed by atoms with Gasteiger partial charge in [-0.05, 0) is 49.2 Å². The summed E-state index contributed by atoms with van der Waals surface area (Å²) in [4.78, 5) is 15.2. The molecule has 2 atom stereocenters. The molecule has 0 spiro atoms. The largest absolute Gasteiger partial charge is 0.493 e. The summed E-state index contributed by atoms with van der Waals surface area (Å²) in [6, 6.07) is 13.5. The molecule has 0 saturated carbocycles. The number of rotatable bonds is 5. The van der Waals surface area contributed by atoms with Crippen molar-refractivity contribution in [1.29, 1.82) is 0 Å². The van der Waals surface area contributed by atoms with Crippen molar-refractivity contribution >= 4 is 5.91 Å². The fourth-order valence-corrected chi connectivity index (χ4v) is 3.53. The van der Waals surface area contributed by atoms with Gasteiger partial charge in [0, 0.05) is 6.54 Å². The second kappa shape index (κ2) is 7.79. The van der Waals surface area contributed by atoms with E-state index in [-0.39, 0.29) is 18.0 Å². The molecule has 0 aliphatic carbocycles. The van der Waals surface area contributed by atoms with Crippen molar-refractivity contribution in [1.82, 2.24) is 10.2 Å². The Balaban J connectivity index is 1.89. The van der Waals surface area contributed by atoms with Crippen LogP contribution >= 0.6 is 0 Å². The third-order valence-corrected chi connectivity index (χ3v) is 5.02. The van der Waals surface area contributed by atoms with E-state index in [1.54, 1.807) is 14.2 Å². The average molecular weight is 354 g/mol. The van der Waals surface area contributed by atoms with Crippen LogP contribution < -0.4 is 14.8 Å². The predicted octanol–water partition coefficient (Wildman–Crippen LogP) is 3.11. The topological polar surface area (TPSA) is 50.8 Å². The number of nitrogens with zero attached hydrogens (tertiary/aromatic N) is 1. The highest BCUT2D eigenvalue weighted by atomic mass is 16.5. The smallest absolute Gasteiger partial charge is 0.242 e. The van der Waals surface area contributed by atoms with Gasteiger partial charge in [0.25, 0.3) is 0 Å². The lowest BCUT2D eigenvalue weighted by Crippen LogP contribution is -2.43. The van der Waals surface area contributed by atoms with Gasteiger partial charge in [0.2, 0.25) is 5.91 Å². The van der Waals surface area contributed by atoms with E-state index in [4.69, 9.17) is 9.47 Å². The number of carbonyl (C=O) groups is 1. The third-order valence-electron chi connectivity index (χ3n) is 5.02. The minimum absolute atomic E-state index is 0.00276. The highest BCUT2D eigenvalue weighted by Crippen LogP contribution is 2.37. The van der Waals surface area contributed by atoms with E-state index in [2.05, 4.69) is 10.2 Å². The maximum atomic E-state index is 13.1. The van der Waals surface area contributed by atoms with Crippen LogP contribution in [0.25, 0.3) is 0 Å². The molecular weight excluding hydrogens is 328 g/mol. The number of carbonyl (C=O) groups excluding carboxylic acids is 1. The number of benzene rings is 2. The van der Waals surface area contributed by atoms with Gasteiger partial charge in [0.1, 0.15) is 6.04 Å². The van der Waals surface area contributed by atoms with Crippen LogP contribution in [0.4, 0.5) is 0 Å². The highest BCUT2D eigenvalue weighted by Gasteiger charge is 2.32. The minimum atomic E-state index is -0.343. The summed E-state index contributed by atoms with van der Waals surface area (Å²) in [5, 5.41) is 3.15. The number of methoxy groups -OCH3 is 2. The summed E-state index contributed by atoms with van der Waals surface area (Å²) >= 11 is 0. The number of hydrogen-bond acceptors (Lipinski definition) is 4. The molecule has 0 fully saturated rings. The molecule has 0 unspecified atom stereocenters. The number of fused-ring (bicyclic) bond motifs is 1. The molecule has 26 heavy (non-hydrogen) atoms. The molecule has 1 aliphatic heterocycles. The number of nitrogens with one attached hydrogen (secondary N) is 1. The lowest BCUT2D eigenvalue weighted by atomic mass is 9.91. The molecular formula is C21H26N2O3. The van der Waals surface area contributed by atoms with Crippen LogP contribution in [0.3, 0.4) is 0 Å². The van der Waals surface area contributed by atoms with E-state index in [0.29, 0.717) is 11.5 Å². The fraction of sp³-hybridized carbons (Fsp3) is 0.381. The molecule has 2 aromatic rings. The van der Waals surface area contributed by atoms with Gasteiger partial charge in [-0.15, -0.1) is 0 Å². The van der Waals surface area contributed by atoms with Crippen molar-refractivity contribution in [2.24, 2.45) is 0 Å². The highest BCUT2D eigenvalue weighted by molar-refractivity contribution is 5.84. The molecule has 0 saturated heterocycles. The zero-order valence-electron chi connectivity index (χ0n) is 15.8. The molecule has 1 aliphatic rings. The van der Waals surface area contributed by atoms with Crippen molar-refractivity contribution < 1.29 is 14.3 Å². The number of ether oxygens (including phenoxy) is 2. The molecule has 0 aromatic heterocycles. The van der Waals surface area contributed by atoms with Crippen molar-refractivity contribution in [3.63, 3.8) is 0 Å². The van der Waals surface area contributed by atoms with Crippen molar-refractivity contribution in [2.45, 2.75) is 25.4 Å². The van der Waals surface area contributed by atoms with Crippen LogP contribution in [0.1, 0.15) is 35.7 Å². The Hall–Kier alpha value is -2.53. The second-order valence-electron chi connectivity index (χ2n) is 6.68. The lowest BCUT2D eigenvalue weighted by molar-refractivity contribution is -0.127. The first-order valence-corrected chi connectivity index (χ1v) is 8.85. The molecule has 0 bridgehead atoms. The monoisotopic (exact) mass is 354 g/mol. The Kier molecular flexibility index (Phi) is 5.47. The second-order valence-corrected chi connectivity index (χ2v) is 6.68. The summed E-state index contributed by atoms with van der Waals surface area (Å²) in [6.07, 6.45) is 0.879. The van der Waals surface area contributed by atoms with Crippen LogP contribution in [-0.4, -0.2) is 38.6 Å². The maximum absolute atomic E-state index is 13.1. The normalized spacial score (nSPS) is 17.9. The lowest BCUT2D eigenvalue weighted by Gasteiger charge is -2.34. The minimum Gasteiger partial charge on any atom is -0.493 e. The standard InChI is InChI=1S/C21H26N2O3/c1-14(15-8-6-5-7-9-15)22-21(24)20-17-13-19(26-4)18(25-3)12-16(17)10-11-23(20)2/h5-9,12-14,20H,10-11H2,1-4H3,(H,22,24)/t14-,20+/m0/s1. The summed E-state index contributed by atoms with van der Waals surface area (Å²) in [5.41, 5.74) is 3.20. The molecule has 1 amide bonds. The van der Waals surface area contributed by atoms with Crippen molar-refractivity contribution in [2.75, 3.05) is 27.8 Å². The SMILES string of the molecule is COc1cc2c(cc1OC)[C@H](C(=O)N[C@@H](C)c1ccccc1)N(C)CC2. The molecule has 1 N–H and O–H groups in total. The van der Waals surface area contributed by atoms with Gasteiger partial charge in [-0.1, -0.05) is 30.3 Å². The van der Waals surface area contributed by atoms with Crippen LogP contribution in [0.15, 0.2) is 42.5 Å². The van der Waals surface area contributed by atoms with Gasteiger partial charge in [-0.2, -0.15) is 0 Å². The van der Waals surface area contributed by atoms with E-state index in [1.807, 2.05) is 56.4 Å². The Morgan fingerprint density at radius 2 is 1.81 bits per heavy atom. The van der Waals surface area contributed by atoms with Crippen molar-refractivity contribution in [3.05, 3.63) is 59.2 Å². The first-order chi connectivity index (χ1) is 12.5. The molecule has 1 heterocycles. The van der Waals surface area contributed by atoms with Gasteiger partial charge >= 0.3 is 0 Å². The number of likely N-dealkylation sites (N-methyl/N-ethyl adjacent to an activating group) is 1. The maximum Gasteiger partial charge on any atom is 0.242 e. The third kappa shape index (κ3) is 3.53. The van der Waals surface area contributed by atoms with Crippen LogP contribution in [0, 0.1) is 0 Å². The van der Waals surface area contributed by atoms with E-state index in [9.17, 15) is 4.79 Å². The van der Waals surface area contributed by atoms with Gasteiger partial charge in [-0.25, -0.2) is 0 Å². The molecule has 5 nitrogen and oxygen atoms in total. The first-order valence-electron chi connectivity index (χ1n) is 8.85. The molecule has 5 heteroatoms. The van der Waals surface area contributed by atoms with Crippen LogP contribution in [0.5, 0.6) is 11.5 Å². The zero-order chi connectivity index (χ0) is 18.7. The zero-order valence-corrected chi connectivity index (χ0v) is 15.8. The summed E-state index contributed by atoms with van der Waals surface area (Å²) in [7, 11) is 5.23. The van der Waals surface area contributed by atoms with E-state index in [1.165, 1.54) is 0 Å². The Morgan fingerprint density at radius 1 is 1.15 bits per heavy atom. The van der Waals surface area contributed by atoms with E-state index >= 15 is 0 Å². The Labute approximate surface area is 154 Å². The van der Waals surface area contributed by atoms with Gasteiger partial charge in [0.05, 0.1) is 20.3 Å². The van der Waals surface area contributed by atoms with Crippen LogP contribution in [0.2, 0.25) is 0 Å². The Bertz CT molecular complexity index is 776. The quantitative estimate of drug-likeness (QED) is 0.896. The number of amides is 1. The predicted molar refractivity (Wildman–Crippen MR) is 102 cm³/mol. The van der Waals surface area contributed by atoms with Gasteiger partial charge in [-0.3, -0.25) is 9.69 Å². The van der Waals surface area contributed by atoms with Gasteiger partial charge in [0.15, 0.2) is 11.5 Å². The summed E-state index contributed by atoms with van der Waals surface area (Å²) in [5.74, 6) is 1.35. The van der Waals surface area contributed by atoms with E-state index < -0.39 is 0 Å². The number of hydrogen-bond donors (Lipinski definition) is 1. The first kappa shape index (κ1) is 18.3. The fourth-order valence-electron chi connectivity index (χ4n) is 3.53. The van der Waals surface area contributed by atoms with E-state index in [0.717, 1.165) is 29.7 Å².